The number of nitrogens with zero attached hydrogens (tertiary/aromatic N) is 5. The molecular weight excluding hydrogens is 318 g/mol. The third-order valence-corrected chi connectivity index (χ3v) is 4.93. The monoisotopic (exact) mass is 341 g/mol. The topological polar surface area (TPSA) is 117 Å². The van der Waals surface area contributed by atoms with Crippen LogP contribution in [0.1, 0.15) is 6.92 Å². The van der Waals surface area contributed by atoms with Gasteiger partial charge in [-0.05, 0) is 13.0 Å². The van der Waals surface area contributed by atoms with E-state index in [1.165, 1.54) is 0 Å². The maximum absolute atomic E-state index is 11.3. The van der Waals surface area contributed by atoms with Gasteiger partial charge in [-0.1, -0.05) is 0 Å². The Morgan fingerprint density at radius 2 is 1.96 bits per heavy atom. The Morgan fingerprint density at radius 3 is 2.57 bits per heavy atom. The lowest BCUT2D eigenvalue weighted by atomic mass is 10.3. The van der Waals surface area contributed by atoms with E-state index in [1.807, 2.05) is 4.90 Å². The van der Waals surface area contributed by atoms with Gasteiger partial charge in [0, 0.05) is 45.1 Å². The minimum atomic E-state index is -3.17. The molecule has 1 aromatic heterocycles. The molecule has 23 heavy (non-hydrogen) atoms. The molecular formula is C13H23N7O2S. The molecule has 2 rings (SSSR count). The molecule has 0 aromatic carbocycles. The van der Waals surface area contributed by atoms with Gasteiger partial charge in [-0.15, -0.1) is 0 Å². The van der Waals surface area contributed by atoms with Crippen molar-refractivity contribution >= 4 is 21.9 Å². The maximum Gasteiger partial charge on any atom is 0.225 e. The highest BCUT2D eigenvalue weighted by Crippen LogP contribution is 2.09. The molecule has 3 N–H and O–H groups in total. The largest absolute Gasteiger partial charge is 0.370 e. The molecule has 0 spiro atoms. The molecule has 0 aliphatic carbocycles. The van der Waals surface area contributed by atoms with Crippen LogP contribution in [0.5, 0.6) is 0 Å². The summed E-state index contributed by atoms with van der Waals surface area (Å²) < 4.78 is 25.1. The number of rotatable bonds is 6. The van der Waals surface area contributed by atoms with Gasteiger partial charge < -0.3 is 15.5 Å². The molecule has 0 amide bonds. The number of hydrogen-bond donors (Lipinski definition) is 2. The van der Waals surface area contributed by atoms with Crippen molar-refractivity contribution in [2.75, 3.05) is 49.9 Å². The number of anilines is 1. The van der Waals surface area contributed by atoms with Crippen LogP contribution >= 0.6 is 0 Å². The van der Waals surface area contributed by atoms with Crippen molar-refractivity contribution in [1.82, 2.24) is 19.6 Å². The van der Waals surface area contributed by atoms with Gasteiger partial charge in [0.1, 0.15) is 0 Å². The summed E-state index contributed by atoms with van der Waals surface area (Å²) in [4.78, 5) is 16.8. The van der Waals surface area contributed by atoms with Crippen LogP contribution in [0.25, 0.3) is 0 Å². The Kier molecular flexibility index (Phi) is 6.11. The lowest BCUT2D eigenvalue weighted by Gasteiger charge is -2.35. The molecule has 1 aliphatic heterocycles. The number of piperazine rings is 1. The van der Waals surface area contributed by atoms with Crippen molar-refractivity contribution in [2.45, 2.75) is 6.92 Å². The van der Waals surface area contributed by atoms with Gasteiger partial charge in [-0.2, -0.15) is 0 Å². The Hall–Kier alpha value is -1.94. The molecule has 9 nitrogen and oxygen atoms in total. The number of aliphatic imine (C=N–C) groups is 1. The predicted octanol–water partition coefficient (Wildman–Crippen LogP) is -1.15. The normalized spacial score (nSPS) is 16.7. The molecule has 0 bridgehead atoms. The second-order valence-electron chi connectivity index (χ2n) is 5.06. The lowest BCUT2D eigenvalue weighted by Crippen LogP contribution is -2.51. The van der Waals surface area contributed by atoms with E-state index in [1.54, 1.807) is 25.4 Å². The summed E-state index contributed by atoms with van der Waals surface area (Å²) in [5.41, 5.74) is 5.96. The second kappa shape index (κ2) is 8.06. The molecule has 0 saturated carbocycles. The Labute approximate surface area is 136 Å². The Bertz CT molecular complexity index is 612. The summed E-state index contributed by atoms with van der Waals surface area (Å²) >= 11 is 0. The molecule has 1 aliphatic rings. The van der Waals surface area contributed by atoms with Crippen LogP contribution in [0, 0.1) is 0 Å². The standard InChI is InChI=1S/C13H23N7O2S/c1-2-23(21,22)18-7-6-15-12(14)19-8-10-20(11-9-19)13-16-4-3-5-17-13/h3-5,18H,2,6-11H2,1H3,(H2,14,15). The smallest absolute Gasteiger partial charge is 0.225 e. The number of nitrogens with one attached hydrogen (secondary N) is 1. The van der Waals surface area contributed by atoms with Crippen LogP contribution in [-0.4, -0.2) is 74.3 Å². The fourth-order valence-corrected chi connectivity index (χ4v) is 2.77. The van der Waals surface area contributed by atoms with E-state index in [0.717, 1.165) is 32.1 Å². The van der Waals surface area contributed by atoms with Gasteiger partial charge in [-0.25, -0.2) is 23.1 Å². The first-order chi connectivity index (χ1) is 11.0. The molecule has 1 saturated heterocycles. The van der Waals surface area contributed by atoms with Crippen molar-refractivity contribution in [3.8, 4) is 0 Å². The zero-order chi connectivity index (χ0) is 16.7. The van der Waals surface area contributed by atoms with Crippen LogP contribution < -0.4 is 15.4 Å². The van der Waals surface area contributed by atoms with Gasteiger partial charge in [0.15, 0.2) is 5.96 Å². The summed E-state index contributed by atoms with van der Waals surface area (Å²) in [6.07, 6.45) is 3.45. The highest BCUT2D eigenvalue weighted by Gasteiger charge is 2.19. The van der Waals surface area contributed by atoms with Gasteiger partial charge >= 0.3 is 0 Å². The molecule has 128 valence electrons. The van der Waals surface area contributed by atoms with E-state index in [0.29, 0.717) is 12.5 Å². The zero-order valence-electron chi connectivity index (χ0n) is 13.2. The summed E-state index contributed by atoms with van der Waals surface area (Å²) in [5.74, 6) is 1.22. The molecule has 10 heteroatoms. The Morgan fingerprint density at radius 1 is 1.30 bits per heavy atom. The highest BCUT2D eigenvalue weighted by atomic mass is 32.2. The fourth-order valence-electron chi connectivity index (χ4n) is 2.16. The Balaban J connectivity index is 1.77. The minimum absolute atomic E-state index is 0.0652. The van der Waals surface area contributed by atoms with E-state index >= 15 is 0 Å². The van der Waals surface area contributed by atoms with Crippen molar-refractivity contribution in [3.05, 3.63) is 18.5 Å². The SMILES string of the molecule is CCS(=O)(=O)NCCN=C(N)N1CCN(c2ncccn2)CC1. The quantitative estimate of drug-likeness (QED) is 0.381. The first-order valence-electron chi connectivity index (χ1n) is 7.56. The van der Waals surface area contributed by atoms with E-state index < -0.39 is 10.0 Å². The van der Waals surface area contributed by atoms with Gasteiger partial charge in [0.25, 0.3) is 0 Å². The van der Waals surface area contributed by atoms with Gasteiger partial charge in [-0.3, -0.25) is 4.99 Å². The lowest BCUT2D eigenvalue weighted by molar-refractivity contribution is 0.378. The number of sulfonamides is 1. The van der Waals surface area contributed by atoms with Crippen LogP contribution in [0.15, 0.2) is 23.5 Å². The van der Waals surface area contributed by atoms with Crippen LogP contribution in [-0.2, 0) is 10.0 Å². The van der Waals surface area contributed by atoms with Gasteiger partial charge in [0.2, 0.25) is 16.0 Å². The number of guanidine groups is 1. The van der Waals surface area contributed by atoms with E-state index in [-0.39, 0.29) is 12.3 Å². The average molecular weight is 341 g/mol. The van der Waals surface area contributed by atoms with Gasteiger partial charge in [0.05, 0.1) is 12.3 Å². The summed E-state index contributed by atoms with van der Waals surface area (Å²) in [6.45, 7) is 5.17. The van der Waals surface area contributed by atoms with Crippen molar-refractivity contribution in [1.29, 1.82) is 0 Å². The zero-order valence-corrected chi connectivity index (χ0v) is 14.0. The van der Waals surface area contributed by atoms with Crippen LogP contribution in [0.3, 0.4) is 0 Å². The summed E-state index contributed by atoms with van der Waals surface area (Å²) in [7, 11) is -3.17. The minimum Gasteiger partial charge on any atom is -0.370 e. The highest BCUT2D eigenvalue weighted by molar-refractivity contribution is 7.89. The van der Waals surface area contributed by atoms with Crippen molar-refractivity contribution in [2.24, 2.45) is 10.7 Å². The molecule has 2 heterocycles. The number of nitrogens with two attached hydrogens (primary N) is 1. The molecule has 1 aromatic rings. The van der Waals surface area contributed by atoms with Crippen molar-refractivity contribution < 1.29 is 8.42 Å². The molecule has 1 fully saturated rings. The maximum atomic E-state index is 11.3. The third-order valence-electron chi connectivity index (χ3n) is 3.53. The first-order valence-corrected chi connectivity index (χ1v) is 9.21. The predicted molar refractivity (Wildman–Crippen MR) is 89.8 cm³/mol. The number of aromatic nitrogens is 2. The second-order valence-corrected chi connectivity index (χ2v) is 7.16. The van der Waals surface area contributed by atoms with Crippen LogP contribution in [0.2, 0.25) is 0 Å². The van der Waals surface area contributed by atoms with E-state index in [9.17, 15) is 8.42 Å². The molecule has 0 radical (unpaired) electrons. The van der Waals surface area contributed by atoms with E-state index in [4.69, 9.17) is 5.73 Å². The summed E-state index contributed by atoms with van der Waals surface area (Å²) in [6, 6.07) is 1.79. The van der Waals surface area contributed by atoms with Crippen molar-refractivity contribution in [3.63, 3.8) is 0 Å². The summed E-state index contributed by atoms with van der Waals surface area (Å²) in [5, 5.41) is 0. The van der Waals surface area contributed by atoms with E-state index in [2.05, 4.69) is 24.6 Å². The first kappa shape index (κ1) is 17.4. The number of hydrogen-bond acceptors (Lipinski definition) is 6. The van der Waals surface area contributed by atoms with Crippen LogP contribution in [0.4, 0.5) is 5.95 Å². The molecule has 0 unspecified atom stereocenters. The fraction of sp³-hybridized carbons (Fsp3) is 0.615. The molecule has 0 atom stereocenters. The third kappa shape index (κ3) is 5.32. The average Bonchev–Trinajstić information content (AvgIpc) is 2.59.